The monoisotopic (exact) mass is 376 g/mol. The van der Waals surface area contributed by atoms with Crippen molar-refractivity contribution in [2.45, 2.75) is 32.7 Å². The molecule has 0 radical (unpaired) electrons. The second-order valence-electron chi connectivity index (χ2n) is 7.55. The summed E-state index contributed by atoms with van der Waals surface area (Å²) in [6, 6.07) is 14.4. The molecule has 3 rings (SSSR count). The van der Waals surface area contributed by atoms with E-state index in [9.17, 15) is 9.59 Å². The van der Waals surface area contributed by atoms with Crippen LogP contribution in [0.15, 0.2) is 60.9 Å². The van der Waals surface area contributed by atoms with Crippen LogP contribution in [0.3, 0.4) is 0 Å². The molecule has 144 valence electrons. The first-order chi connectivity index (χ1) is 13.3. The molecule has 0 unspecified atom stereocenters. The Labute approximate surface area is 164 Å². The number of carbonyl (C=O) groups excluding carboxylic acids is 2. The van der Waals surface area contributed by atoms with Crippen LogP contribution in [-0.4, -0.2) is 21.8 Å². The van der Waals surface area contributed by atoms with Crippen LogP contribution < -0.4 is 10.6 Å². The van der Waals surface area contributed by atoms with Gasteiger partial charge in [0.05, 0.1) is 17.8 Å². The summed E-state index contributed by atoms with van der Waals surface area (Å²) in [7, 11) is 0. The highest BCUT2D eigenvalue weighted by atomic mass is 16.2. The number of benzene rings is 2. The molecule has 2 aromatic carbocycles. The summed E-state index contributed by atoms with van der Waals surface area (Å²) in [4.78, 5) is 32.2. The van der Waals surface area contributed by atoms with E-state index in [0.717, 1.165) is 5.56 Å². The van der Waals surface area contributed by atoms with Gasteiger partial charge in [0.2, 0.25) is 0 Å². The van der Waals surface area contributed by atoms with Crippen LogP contribution in [0.2, 0.25) is 0 Å². The third-order valence-electron chi connectivity index (χ3n) is 4.40. The highest BCUT2D eigenvalue weighted by molar-refractivity contribution is 6.09. The number of hydrogen-bond acceptors (Lipinski definition) is 3. The van der Waals surface area contributed by atoms with E-state index in [1.807, 2.05) is 12.1 Å². The number of rotatable bonds is 5. The first kappa shape index (κ1) is 19.4. The van der Waals surface area contributed by atoms with E-state index in [2.05, 4.69) is 41.4 Å². The molecule has 0 spiro atoms. The van der Waals surface area contributed by atoms with Gasteiger partial charge < -0.3 is 15.6 Å². The van der Waals surface area contributed by atoms with Crippen LogP contribution in [0.4, 0.5) is 5.69 Å². The normalized spacial score (nSPS) is 11.1. The van der Waals surface area contributed by atoms with Crippen molar-refractivity contribution in [1.29, 1.82) is 0 Å². The minimum Gasteiger partial charge on any atom is -0.347 e. The number of amides is 2. The first-order valence-corrected chi connectivity index (χ1v) is 9.12. The van der Waals surface area contributed by atoms with Crippen molar-refractivity contribution in [1.82, 2.24) is 15.3 Å². The molecule has 6 nitrogen and oxygen atoms in total. The van der Waals surface area contributed by atoms with Gasteiger partial charge in [-0.25, -0.2) is 4.98 Å². The third-order valence-corrected chi connectivity index (χ3v) is 4.40. The van der Waals surface area contributed by atoms with Gasteiger partial charge in [0, 0.05) is 18.0 Å². The van der Waals surface area contributed by atoms with Gasteiger partial charge in [0.15, 0.2) is 0 Å². The van der Waals surface area contributed by atoms with Crippen LogP contribution in [0, 0.1) is 0 Å². The van der Waals surface area contributed by atoms with E-state index < -0.39 is 0 Å². The smallest absolute Gasteiger partial charge is 0.255 e. The fraction of sp³-hybridized carbons (Fsp3) is 0.227. The van der Waals surface area contributed by atoms with Crippen molar-refractivity contribution in [3.05, 3.63) is 83.4 Å². The predicted octanol–water partition coefficient (Wildman–Crippen LogP) is 3.89. The summed E-state index contributed by atoms with van der Waals surface area (Å²) in [6.45, 7) is 6.65. The van der Waals surface area contributed by atoms with Crippen molar-refractivity contribution < 1.29 is 9.59 Å². The largest absolute Gasteiger partial charge is 0.347 e. The summed E-state index contributed by atoms with van der Waals surface area (Å²) in [5, 5.41) is 5.63. The lowest BCUT2D eigenvalue weighted by atomic mass is 9.86. The zero-order chi connectivity index (χ0) is 20.1. The van der Waals surface area contributed by atoms with Crippen molar-refractivity contribution in [2.24, 2.45) is 0 Å². The molecule has 3 aromatic rings. The number of aromatic nitrogens is 2. The third kappa shape index (κ3) is 4.65. The Morgan fingerprint density at radius 3 is 2.36 bits per heavy atom. The second-order valence-corrected chi connectivity index (χ2v) is 7.55. The van der Waals surface area contributed by atoms with Crippen molar-refractivity contribution >= 4 is 17.5 Å². The van der Waals surface area contributed by atoms with Crippen molar-refractivity contribution in [2.75, 3.05) is 5.32 Å². The van der Waals surface area contributed by atoms with E-state index in [1.165, 1.54) is 0 Å². The fourth-order valence-corrected chi connectivity index (χ4v) is 2.76. The van der Waals surface area contributed by atoms with Gasteiger partial charge in [-0.1, -0.05) is 45.0 Å². The van der Waals surface area contributed by atoms with Crippen molar-refractivity contribution in [3.8, 4) is 0 Å². The van der Waals surface area contributed by atoms with E-state index in [0.29, 0.717) is 22.6 Å². The van der Waals surface area contributed by atoms with E-state index in [1.54, 1.807) is 48.8 Å². The van der Waals surface area contributed by atoms with Gasteiger partial charge in [-0.3, -0.25) is 9.59 Å². The van der Waals surface area contributed by atoms with Crippen LogP contribution in [0.5, 0.6) is 0 Å². The number of para-hydroxylation sites is 1. The predicted molar refractivity (Wildman–Crippen MR) is 109 cm³/mol. The average molecular weight is 376 g/mol. The molecule has 0 aliphatic heterocycles. The minimum atomic E-state index is -0.282. The molecule has 6 heteroatoms. The summed E-state index contributed by atoms with van der Waals surface area (Å²) in [5.74, 6) is 0.121. The average Bonchev–Trinajstić information content (AvgIpc) is 3.19. The molecule has 0 aliphatic rings. The van der Waals surface area contributed by atoms with Gasteiger partial charge in [-0.05, 0) is 35.2 Å². The lowest BCUT2D eigenvalue weighted by Crippen LogP contribution is -2.25. The molecule has 0 atom stereocenters. The zero-order valence-corrected chi connectivity index (χ0v) is 16.2. The maximum atomic E-state index is 12.6. The summed E-state index contributed by atoms with van der Waals surface area (Å²) in [5.41, 5.74) is 2.58. The van der Waals surface area contributed by atoms with Gasteiger partial charge in [-0.2, -0.15) is 0 Å². The molecule has 1 heterocycles. The Morgan fingerprint density at radius 2 is 1.71 bits per heavy atom. The van der Waals surface area contributed by atoms with Crippen LogP contribution in [0.25, 0.3) is 0 Å². The number of nitrogens with one attached hydrogen (secondary N) is 3. The molecule has 0 fully saturated rings. The summed E-state index contributed by atoms with van der Waals surface area (Å²) < 4.78 is 0. The minimum absolute atomic E-state index is 0.0215. The molecule has 2 amide bonds. The molecule has 0 aliphatic carbocycles. The molecule has 0 saturated heterocycles. The Bertz CT molecular complexity index is 955. The van der Waals surface area contributed by atoms with Gasteiger partial charge in [0.1, 0.15) is 5.82 Å². The van der Waals surface area contributed by atoms with E-state index in [4.69, 9.17) is 0 Å². The quantitative estimate of drug-likeness (QED) is 0.631. The second kappa shape index (κ2) is 8.08. The summed E-state index contributed by atoms with van der Waals surface area (Å²) >= 11 is 0. The number of H-pyrrole nitrogens is 1. The maximum absolute atomic E-state index is 12.6. The molecule has 0 bridgehead atoms. The number of hydrogen-bond donors (Lipinski definition) is 3. The lowest BCUT2D eigenvalue weighted by Gasteiger charge is -2.19. The van der Waals surface area contributed by atoms with Gasteiger partial charge in [-0.15, -0.1) is 0 Å². The van der Waals surface area contributed by atoms with Crippen LogP contribution >= 0.6 is 0 Å². The Balaban J connectivity index is 1.72. The van der Waals surface area contributed by atoms with Crippen molar-refractivity contribution in [3.63, 3.8) is 0 Å². The van der Waals surface area contributed by atoms with Crippen LogP contribution in [-0.2, 0) is 12.0 Å². The first-order valence-electron chi connectivity index (χ1n) is 9.12. The fourth-order valence-electron chi connectivity index (χ4n) is 2.76. The molecule has 3 N–H and O–H groups in total. The van der Waals surface area contributed by atoms with Crippen LogP contribution in [0.1, 0.15) is 52.9 Å². The number of imidazole rings is 1. The van der Waals surface area contributed by atoms with E-state index in [-0.39, 0.29) is 23.8 Å². The molecular weight excluding hydrogens is 352 g/mol. The summed E-state index contributed by atoms with van der Waals surface area (Å²) in [6.07, 6.45) is 3.32. The topological polar surface area (TPSA) is 86.9 Å². The highest BCUT2D eigenvalue weighted by Gasteiger charge is 2.16. The Hall–Kier alpha value is -3.41. The Kier molecular flexibility index (Phi) is 5.59. The number of anilines is 1. The molecule has 0 saturated carbocycles. The molecular formula is C22H24N4O2. The lowest BCUT2D eigenvalue weighted by molar-refractivity contribution is 0.0951. The maximum Gasteiger partial charge on any atom is 0.255 e. The van der Waals surface area contributed by atoms with Gasteiger partial charge >= 0.3 is 0 Å². The SMILES string of the molecule is CC(C)(C)c1ccc(C(=O)Nc2ccccc2C(=O)NCc2ncc[nH]2)cc1. The molecule has 28 heavy (non-hydrogen) atoms. The highest BCUT2D eigenvalue weighted by Crippen LogP contribution is 2.23. The van der Waals surface area contributed by atoms with Gasteiger partial charge in [0.25, 0.3) is 11.8 Å². The number of nitrogens with zero attached hydrogens (tertiary/aromatic N) is 1. The number of carbonyl (C=O) groups is 2. The standard InChI is InChI=1S/C22H24N4O2/c1-22(2,3)16-10-8-15(9-11-16)20(27)26-18-7-5-4-6-17(18)21(28)25-14-19-23-12-13-24-19/h4-13H,14H2,1-3H3,(H,23,24)(H,25,28)(H,26,27). The number of aromatic amines is 1. The Morgan fingerprint density at radius 1 is 1.00 bits per heavy atom. The van der Waals surface area contributed by atoms with E-state index >= 15 is 0 Å². The molecule has 1 aromatic heterocycles. The zero-order valence-electron chi connectivity index (χ0n) is 16.2.